The van der Waals surface area contributed by atoms with E-state index in [1.807, 2.05) is 30.9 Å². The van der Waals surface area contributed by atoms with E-state index in [9.17, 15) is 20.3 Å². The van der Waals surface area contributed by atoms with Crippen LogP contribution in [-0.4, -0.2) is 50.8 Å². The molecule has 1 fully saturated rings. The first kappa shape index (κ1) is 22.7. The lowest BCUT2D eigenvalue weighted by Crippen LogP contribution is -2.23. The number of benzene rings is 1. The normalized spacial score (nSPS) is 16.6. The molecule has 3 aromatic rings. The Kier molecular flexibility index (Phi) is 6.31. The molecular formula is C23H23ClN6O3. The molecule has 1 aliphatic rings. The first-order valence-electron chi connectivity index (χ1n) is 10.5. The predicted molar refractivity (Wildman–Crippen MR) is 125 cm³/mol. The predicted octanol–water partition coefficient (Wildman–Crippen LogP) is 3.55. The van der Waals surface area contributed by atoms with Crippen LogP contribution in [-0.2, 0) is 0 Å². The molecule has 2 aromatic heterocycles. The number of pyridine rings is 1. The van der Waals surface area contributed by atoms with Crippen molar-refractivity contribution in [1.82, 2.24) is 15.0 Å². The molecule has 10 heteroatoms. The highest BCUT2D eigenvalue weighted by Gasteiger charge is 2.27. The Bertz CT molecular complexity index is 1280. The summed E-state index contributed by atoms with van der Waals surface area (Å²) in [5, 5.41) is 32.0. The standard InChI is InChI=1S/C23H23ClN6O3/c1-12-7-15(13(2)26-16-3-4-19(24)28-21(16)23(32)33)20-17(8-12)27-18(9-25)22(29-20)30-6-5-14(10-30)11-31/h3-4,7-8,13-14,26,31H,5-6,10-11H2,1-2H3,(H,32,33)/t13-,14-/m1/s1. The number of aliphatic hydroxyl groups is 1. The van der Waals surface area contributed by atoms with Crippen molar-refractivity contribution in [3.8, 4) is 6.07 Å². The van der Waals surface area contributed by atoms with Crippen LogP contribution in [0, 0.1) is 24.2 Å². The van der Waals surface area contributed by atoms with Gasteiger partial charge in [-0.05, 0) is 44.0 Å². The Labute approximate surface area is 195 Å². The number of fused-ring (bicyclic) bond motifs is 1. The highest BCUT2D eigenvalue weighted by molar-refractivity contribution is 6.29. The SMILES string of the molecule is Cc1cc([C@@H](C)Nc2ccc(Cl)nc2C(=O)O)c2nc(N3CC[C@@H](CO)C3)c(C#N)nc2c1. The van der Waals surface area contributed by atoms with Crippen molar-refractivity contribution in [1.29, 1.82) is 5.26 Å². The monoisotopic (exact) mass is 466 g/mol. The third-order valence-electron chi connectivity index (χ3n) is 5.78. The van der Waals surface area contributed by atoms with Crippen LogP contribution in [0.4, 0.5) is 11.5 Å². The molecule has 1 aromatic carbocycles. The van der Waals surface area contributed by atoms with Crippen LogP contribution in [0.5, 0.6) is 0 Å². The molecule has 2 atom stereocenters. The molecule has 0 bridgehead atoms. The van der Waals surface area contributed by atoms with Gasteiger partial charge in [0.1, 0.15) is 11.2 Å². The molecule has 0 amide bonds. The van der Waals surface area contributed by atoms with Crippen molar-refractivity contribution in [3.63, 3.8) is 0 Å². The molecule has 0 saturated carbocycles. The minimum Gasteiger partial charge on any atom is -0.476 e. The number of aliphatic hydroxyl groups excluding tert-OH is 1. The lowest BCUT2D eigenvalue weighted by molar-refractivity contribution is 0.0691. The molecular weight excluding hydrogens is 444 g/mol. The lowest BCUT2D eigenvalue weighted by atomic mass is 10.0. The Hall–Kier alpha value is -3.48. The van der Waals surface area contributed by atoms with Crippen LogP contribution in [0.25, 0.3) is 11.0 Å². The molecule has 0 spiro atoms. The smallest absolute Gasteiger partial charge is 0.356 e. The van der Waals surface area contributed by atoms with Crippen molar-refractivity contribution < 1.29 is 15.0 Å². The fourth-order valence-electron chi connectivity index (χ4n) is 4.15. The molecule has 0 unspecified atom stereocenters. The number of hydrogen-bond acceptors (Lipinski definition) is 8. The number of halogens is 1. The maximum Gasteiger partial charge on any atom is 0.356 e. The van der Waals surface area contributed by atoms with Gasteiger partial charge in [-0.3, -0.25) is 0 Å². The van der Waals surface area contributed by atoms with Gasteiger partial charge in [0.05, 0.1) is 22.8 Å². The summed E-state index contributed by atoms with van der Waals surface area (Å²) in [6.07, 6.45) is 0.821. The summed E-state index contributed by atoms with van der Waals surface area (Å²) in [4.78, 5) is 27.0. The minimum absolute atomic E-state index is 0.0891. The highest BCUT2D eigenvalue weighted by atomic mass is 35.5. The molecule has 3 N–H and O–H groups in total. The van der Waals surface area contributed by atoms with E-state index in [0.717, 1.165) is 17.5 Å². The number of nitrogens with zero attached hydrogens (tertiary/aromatic N) is 5. The minimum atomic E-state index is -1.19. The van der Waals surface area contributed by atoms with Crippen LogP contribution < -0.4 is 10.2 Å². The molecule has 33 heavy (non-hydrogen) atoms. The second-order valence-electron chi connectivity index (χ2n) is 8.21. The van der Waals surface area contributed by atoms with Crippen LogP contribution in [0.3, 0.4) is 0 Å². The number of hydrogen-bond donors (Lipinski definition) is 3. The van der Waals surface area contributed by atoms with Gasteiger partial charge in [-0.25, -0.2) is 19.7 Å². The van der Waals surface area contributed by atoms with E-state index in [1.165, 1.54) is 6.07 Å². The van der Waals surface area contributed by atoms with E-state index in [2.05, 4.69) is 21.4 Å². The summed E-state index contributed by atoms with van der Waals surface area (Å²) in [5.41, 5.74) is 3.37. The number of carboxylic acids is 1. The Morgan fingerprint density at radius 2 is 2.15 bits per heavy atom. The quantitative estimate of drug-likeness (QED) is 0.466. The van der Waals surface area contributed by atoms with Gasteiger partial charge < -0.3 is 20.4 Å². The Morgan fingerprint density at radius 3 is 2.82 bits per heavy atom. The summed E-state index contributed by atoms with van der Waals surface area (Å²) >= 11 is 5.88. The number of aryl methyl sites for hydroxylation is 1. The molecule has 1 saturated heterocycles. The summed E-state index contributed by atoms with van der Waals surface area (Å²) < 4.78 is 0. The van der Waals surface area contributed by atoms with E-state index in [0.29, 0.717) is 35.6 Å². The fourth-order valence-corrected chi connectivity index (χ4v) is 4.30. The maximum absolute atomic E-state index is 11.6. The van der Waals surface area contributed by atoms with Crippen molar-refractivity contribution >= 4 is 40.1 Å². The van der Waals surface area contributed by atoms with Crippen molar-refractivity contribution in [2.75, 3.05) is 29.9 Å². The maximum atomic E-state index is 11.6. The second-order valence-corrected chi connectivity index (χ2v) is 8.60. The highest BCUT2D eigenvalue weighted by Crippen LogP contribution is 2.32. The zero-order chi connectivity index (χ0) is 23.7. The number of nitriles is 1. The molecule has 4 rings (SSSR count). The molecule has 1 aliphatic heterocycles. The van der Waals surface area contributed by atoms with Gasteiger partial charge in [-0.15, -0.1) is 0 Å². The summed E-state index contributed by atoms with van der Waals surface area (Å²) in [7, 11) is 0. The van der Waals surface area contributed by atoms with Crippen LogP contribution in [0.15, 0.2) is 24.3 Å². The fraction of sp³-hybridized carbons (Fsp3) is 0.348. The van der Waals surface area contributed by atoms with Crippen LogP contribution in [0.2, 0.25) is 5.15 Å². The number of aromatic carboxylic acids is 1. The van der Waals surface area contributed by atoms with Gasteiger partial charge in [0.25, 0.3) is 0 Å². The molecule has 0 radical (unpaired) electrons. The molecule has 170 valence electrons. The second kappa shape index (κ2) is 9.17. The first-order chi connectivity index (χ1) is 15.8. The van der Waals surface area contributed by atoms with Crippen LogP contribution >= 0.6 is 11.6 Å². The Balaban J connectivity index is 1.78. The zero-order valence-corrected chi connectivity index (χ0v) is 19.0. The van der Waals surface area contributed by atoms with Gasteiger partial charge in [-0.2, -0.15) is 5.26 Å². The van der Waals surface area contributed by atoms with E-state index in [1.54, 1.807) is 6.07 Å². The summed E-state index contributed by atoms with van der Waals surface area (Å²) in [6.45, 7) is 5.21. The van der Waals surface area contributed by atoms with Gasteiger partial charge in [0.2, 0.25) is 0 Å². The average molecular weight is 467 g/mol. The first-order valence-corrected chi connectivity index (χ1v) is 10.9. The average Bonchev–Trinajstić information content (AvgIpc) is 3.27. The summed E-state index contributed by atoms with van der Waals surface area (Å²) in [6, 6.07) is 8.76. The van der Waals surface area contributed by atoms with Gasteiger partial charge in [-0.1, -0.05) is 17.7 Å². The molecule has 3 heterocycles. The largest absolute Gasteiger partial charge is 0.476 e. The van der Waals surface area contributed by atoms with Crippen molar-refractivity contribution in [2.24, 2.45) is 5.92 Å². The third-order valence-corrected chi connectivity index (χ3v) is 5.99. The van der Waals surface area contributed by atoms with Crippen molar-refractivity contribution in [2.45, 2.75) is 26.3 Å². The van der Waals surface area contributed by atoms with Crippen molar-refractivity contribution in [3.05, 3.63) is 51.9 Å². The van der Waals surface area contributed by atoms with E-state index < -0.39 is 5.97 Å². The topological polar surface area (TPSA) is 135 Å². The number of nitrogens with one attached hydrogen (secondary N) is 1. The van der Waals surface area contributed by atoms with Gasteiger partial charge in [0.15, 0.2) is 17.2 Å². The molecule has 9 nitrogen and oxygen atoms in total. The number of carbonyl (C=O) groups is 1. The van der Waals surface area contributed by atoms with Crippen LogP contribution in [0.1, 0.15) is 46.7 Å². The number of anilines is 2. The number of rotatable bonds is 6. The third kappa shape index (κ3) is 4.53. The van der Waals surface area contributed by atoms with Gasteiger partial charge in [0, 0.05) is 31.2 Å². The van der Waals surface area contributed by atoms with Gasteiger partial charge >= 0.3 is 5.97 Å². The number of aromatic nitrogens is 3. The Morgan fingerprint density at radius 1 is 1.36 bits per heavy atom. The summed E-state index contributed by atoms with van der Waals surface area (Å²) in [5.74, 6) is -0.550. The van der Waals surface area contributed by atoms with E-state index >= 15 is 0 Å². The number of carboxylic acid groups (broad SMARTS) is 1. The van der Waals surface area contributed by atoms with E-state index in [-0.39, 0.29) is 35.1 Å². The lowest BCUT2D eigenvalue weighted by Gasteiger charge is -2.22. The molecule has 0 aliphatic carbocycles. The van der Waals surface area contributed by atoms with E-state index in [4.69, 9.17) is 16.6 Å². The zero-order valence-electron chi connectivity index (χ0n) is 18.2.